The van der Waals surface area contributed by atoms with Gasteiger partial charge in [-0.15, -0.1) is 0 Å². The number of aromatic nitrogens is 2. The second-order valence-corrected chi connectivity index (χ2v) is 6.55. The minimum atomic E-state index is 0.168. The van der Waals surface area contributed by atoms with Gasteiger partial charge in [0.2, 0.25) is 0 Å². The van der Waals surface area contributed by atoms with Gasteiger partial charge in [-0.05, 0) is 25.8 Å². The van der Waals surface area contributed by atoms with Gasteiger partial charge in [-0.3, -0.25) is 9.58 Å². The average Bonchev–Trinajstić information content (AvgIpc) is 2.99. The minimum Gasteiger partial charge on any atom is -0.374 e. The fourth-order valence-corrected chi connectivity index (χ4v) is 3.46. The van der Waals surface area contributed by atoms with Crippen LogP contribution in [0.15, 0.2) is 12.3 Å². The number of morpholine rings is 1. The Morgan fingerprint density at radius 2 is 2.14 bits per heavy atom. The number of hydrogen-bond acceptors (Lipinski definition) is 4. The first kappa shape index (κ1) is 15.0. The van der Waals surface area contributed by atoms with E-state index in [-0.39, 0.29) is 6.10 Å². The molecule has 5 heteroatoms. The topological polar surface area (TPSA) is 56.3 Å². The van der Waals surface area contributed by atoms with E-state index in [2.05, 4.69) is 28.8 Å². The van der Waals surface area contributed by atoms with Crippen molar-refractivity contribution < 1.29 is 4.74 Å². The van der Waals surface area contributed by atoms with Crippen molar-refractivity contribution in [3.05, 3.63) is 18.0 Å². The highest BCUT2D eigenvalue weighted by molar-refractivity contribution is 5.01. The smallest absolute Gasteiger partial charge is 0.0824 e. The van der Waals surface area contributed by atoms with Gasteiger partial charge in [0.15, 0.2) is 0 Å². The Kier molecular flexibility index (Phi) is 4.93. The number of ether oxygens (including phenoxy) is 1. The van der Waals surface area contributed by atoms with Crippen molar-refractivity contribution in [3.8, 4) is 0 Å². The Hall–Kier alpha value is -0.910. The molecule has 0 radical (unpaired) electrons. The minimum absolute atomic E-state index is 0.168. The molecule has 21 heavy (non-hydrogen) atoms. The molecule has 1 saturated carbocycles. The summed E-state index contributed by atoms with van der Waals surface area (Å²) >= 11 is 0. The van der Waals surface area contributed by atoms with Gasteiger partial charge in [0.05, 0.1) is 24.4 Å². The van der Waals surface area contributed by atoms with E-state index >= 15 is 0 Å². The third-order valence-electron chi connectivity index (χ3n) is 4.87. The second kappa shape index (κ2) is 6.90. The average molecular weight is 292 g/mol. The van der Waals surface area contributed by atoms with E-state index in [1.807, 2.05) is 0 Å². The maximum Gasteiger partial charge on any atom is 0.0824 e. The van der Waals surface area contributed by atoms with Crippen molar-refractivity contribution >= 4 is 0 Å². The molecule has 2 unspecified atom stereocenters. The quantitative estimate of drug-likeness (QED) is 0.921. The molecule has 1 aromatic heterocycles. The molecule has 1 saturated heterocycles. The molecular weight excluding hydrogens is 264 g/mol. The summed E-state index contributed by atoms with van der Waals surface area (Å²) in [5, 5.41) is 4.82. The van der Waals surface area contributed by atoms with Crippen LogP contribution >= 0.6 is 0 Å². The zero-order chi connectivity index (χ0) is 14.7. The van der Waals surface area contributed by atoms with E-state index in [0.29, 0.717) is 18.6 Å². The first-order valence-corrected chi connectivity index (χ1v) is 8.36. The predicted molar refractivity (Wildman–Crippen MR) is 83.0 cm³/mol. The van der Waals surface area contributed by atoms with Crippen LogP contribution < -0.4 is 5.73 Å². The lowest BCUT2D eigenvalue weighted by Crippen LogP contribution is -2.50. The molecule has 2 atom stereocenters. The van der Waals surface area contributed by atoms with E-state index in [4.69, 9.17) is 15.6 Å². The molecule has 0 amide bonds. The highest BCUT2D eigenvalue weighted by Crippen LogP contribution is 2.27. The first-order chi connectivity index (χ1) is 10.3. The molecule has 2 heterocycles. The second-order valence-electron chi connectivity index (χ2n) is 6.55. The Balaban J connectivity index is 1.60. The van der Waals surface area contributed by atoms with Crippen molar-refractivity contribution in [2.45, 2.75) is 63.8 Å². The summed E-state index contributed by atoms with van der Waals surface area (Å²) in [5.41, 5.74) is 6.91. The number of nitrogens with zero attached hydrogens (tertiary/aromatic N) is 3. The monoisotopic (exact) mass is 292 g/mol. The molecule has 0 aromatic carbocycles. The summed E-state index contributed by atoms with van der Waals surface area (Å²) in [5.74, 6) is 0. The van der Waals surface area contributed by atoms with Gasteiger partial charge in [0.1, 0.15) is 0 Å². The summed E-state index contributed by atoms with van der Waals surface area (Å²) in [4.78, 5) is 2.44. The van der Waals surface area contributed by atoms with E-state index in [9.17, 15) is 0 Å². The van der Waals surface area contributed by atoms with Crippen LogP contribution in [-0.4, -0.2) is 46.5 Å². The van der Waals surface area contributed by atoms with Gasteiger partial charge < -0.3 is 10.5 Å². The van der Waals surface area contributed by atoms with Gasteiger partial charge >= 0.3 is 0 Å². The summed E-state index contributed by atoms with van der Waals surface area (Å²) in [6.45, 7) is 5.39. The molecule has 1 aliphatic heterocycles. The van der Waals surface area contributed by atoms with Crippen LogP contribution in [0.3, 0.4) is 0 Å². The summed E-state index contributed by atoms with van der Waals surface area (Å²) < 4.78 is 7.91. The van der Waals surface area contributed by atoms with Crippen molar-refractivity contribution in [1.29, 1.82) is 0 Å². The Morgan fingerprint density at radius 3 is 2.90 bits per heavy atom. The lowest BCUT2D eigenvalue weighted by atomic mass is 9.96. The van der Waals surface area contributed by atoms with Crippen molar-refractivity contribution in [2.75, 3.05) is 19.7 Å². The number of hydrogen-bond donors (Lipinski definition) is 1. The van der Waals surface area contributed by atoms with Crippen LogP contribution in [0.4, 0.5) is 0 Å². The van der Waals surface area contributed by atoms with Gasteiger partial charge in [0, 0.05) is 31.9 Å². The maximum absolute atomic E-state index is 5.73. The van der Waals surface area contributed by atoms with Gasteiger partial charge in [-0.1, -0.05) is 19.3 Å². The summed E-state index contributed by atoms with van der Waals surface area (Å²) in [6, 6.07) is 3.23. The number of nitrogens with two attached hydrogens (primary N) is 1. The van der Waals surface area contributed by atoms with E-state index in [1.165, 1.54) is 37.8 Å². The molecule has 1 aromatic rings. The highest BCUT2D eigenvalue weighted by atomic mass is 16.5. The van der Waals surface area contributed by atoms with Crippen LogP contribution in [0.1, 0.15) is 50.8 Å². The molecule has 2 N–H and O–H groups in total. The van der Waals surface area contributed by atoms with E-state index in [0.717, 1.165) is 19.7 Å². The van der Waals surface area contributed by atoms with Crippen molar-refractivity contribution in [3.63, 3.8) is 0 Å². The molecule has 5 nitrogen and oxygen atoms in total. The summed E-state index contributed by atoms with van der Waals surface area (Å²) in [6.07, 6.45) is 8.97. The SMILES string of the molecule is CC1COC(CN)CN1Cc1ccn(C2CCCCC2)n1. The molecule has 0 spiro atoms. The molecule has 2 aliphatic rings. The van der Waals surface area contributed by atoms with E-state index < -0.39 is 0 Å². The Bertz CT molecular complexity index is 441. The number of rotatable bonds is 4. The predicted octanol–water partition coefficient (Wildman–Crippen LogP) is 1.94. The molecule has 0 bridgehead atoms. The van der Waals surface area contributed by atoms with Crippen LogP contribution in [0.5, 0.6) is 0 Å². The maximum atomic E-state index is 5.73. The largest absolute Gasteiger partial charge is 0.374 e. The highest BCUT2D eigenvalue weighted by Gasteiger charge is 2.26. The van der Waals surface area contributed by atoms with Crippen molar-refractivity contribution in [1.82, 2.24) is 14.7 Å². The zero-order valence-electron chi connectivity index (χ0n) is 13.1. The normalized spacial score (nSPS) is 28.9. The molecule has 2 fully saturated rings. The van der Waals surface area contributed by atoms with Gasteiger partial charge in [-0.25, -0.2) is 0 Å². The lowest BCUT2D eigenvalue weighted by molar-refractivity contribution is -0.0571. The Labute approximate surface area is 127 Å². The van der Waals surface area contributed by atoms with Crippen LogP contribution in [0.25, 0.3) is 0 Å². The lowest BCUT2D eigenvalue weighted by Gasteiger charge is -2.37. The van der Waals surface area contributed by atoms with Crippen LogP contribution in [-0.2, 0) is 11.3 Å². The van der Waals surface area contributed by atoms with Crippen LogP contribution in [0, 0.1) is 0 Å². The van der Waals surface area contributed by atoms with Gasteiger partial charge in [0.25, 0.3) is 0 Å². The molecule has 1 aliphatic carbocycles. The fraction of sp³-hybridized carbons (Fsp3) is 0.812. The molecule has 3 rings (SSSR count). The van der Waals surface area contributed by atoms with E-state index in [1.54, 1.807) is 0 Å². The third-order valence-corrected chi connectivity index (χ3v) is 4.87. The standard InChI is InChI=1S/C16H28N4O/c1-13-12-21-16(9-17)11-19(13)10-14-7-8-20(18-14)15-5-3-2-4-6-15/h7-8,13,15-16H,2-6,9-12,17H2,1H3. The van der Waals surface area contributed by atoms with Crippen LogP contribution in [0.2, 0.25) is 0 Å². The third kappa shape index (κ3) is 3.65. The molecular formula is C16H28N4O. The molecule has 118 valence electrons. The zero-order valence-corrected chi connectivity index (χ0v) is 13.1. The Morgan fingerprint density at radius 1 is 1.33 bits per heavy atom. The fourth-order valence-electron chi connectivity index (χ4n) is 3.46. The first-order valence-electron chi connectivity index (χ1n) is 8.36. The van der Waals surface area contributed by atoms with Gasteiger partial charge in [-0.2, -0.15) is 5.10 Å². The van der Waals surface area contributed by atoms with Crippen molar-refractivity contribution in [2.24, 2.45) is 5.73 Å². The summed E-state index contributed by atoms with van der Waals surface area (Å²) in [7, 11) is 0.